The zero-order valence-corrected chi connectivity index (χ0v) is 21.4. The second-order valence-corrected chi connectivity index (χ2v) is 12.2. The summed E-state index contributed by atoms with van der Waals surface area (Å²) in [4.78, 5) is 31.6. The molecule has 5 aliphatic rings. The topological polar surface area (TPSA) is 64.7 Å². The second-order valence-electron chi connectivity index (χ2n) is 12.2. The van der Waals surface area contributed by atoms with E-state index in [4.69, 9.17) is 0 Å². The van der Waals surface area contributed by atoms with Gasteiger partial charge < -0.3 is 20.4 Å². The van der Waals surface area contributed by atoms with E-state index in [0.717, 1.165) is 51.1 Å². The molecule has 0 spiro atoms. The molecule has 1 atom stereocenters. The lowest BCUT2D eigenvalue weighted by molar-refractivity contribution is -0.148. The second kappa shape index (κ2) is 9.18. The SMILES string of the molecule is Cc1cc(NC(=O)C(NC(=O)C23CC4CC(CC(C4)C2)C3)C(C)C)ccc1N1CCN(C)CC1. The van der Waals surface area contributed by atoms with Crippen LogP contribution in [-0.2, 0) is 9.59 Å². The lowest BCUT2D eigenvalue weighted by Gasteiger charge is -2.55. The van der Waals surface area contributed by atoms with Crippen LogP contribution in [-0.4, -0.2) is 56.0 Å². The highest BCUT2D eigenvalue weighted by atomic mass is 16.2. The molecule has 34 heavy (non-hydrogen) atoms. The number of rotatable bonds is 6. The fraction of sp³-hybridized carbons (Fsp3) is 0.714. The minimum absolute atomic E-state index is 0.0311. The van der Waals surface area contributed by atoms with Gasteiger partial charge in [-0.3, -0.25) is 9.59 Å². The highest BCUT2D eigenvalue weighted by Gasteiger charge is 2.55. The number of benzene rings is 1. The summed E-state index contributed by atoms with van der Waals surface area (Å²) in [5, 5.41) is 6.31. The predicted molar refractivity (Wildman–Crippen MR) is 137 cm³/mol. The highest BCUT2D eigenvalue weighted by Crippen LogP contribution is 2.60. The number of carbonyl (C=O) groups excluding carboxylic acids is 2. The van der Waals surface area contributed by atoms with Crippen molar-refractivity contribution in [3.8, 4) is 0 Å². The average molecular weight is 467 g/mol. The summed E-state index contributed by atoms with van der Waals surface area (Å²) in [5.74, 6) is 2.19. The van der Waals surface area contributed by atoms with Crippen molar-refractivity contribution in [2.45, 2.75) is 65.3 Å². The van der Waals surface area contributed by atoms with Crippen molar-refractivity contribution in [2.24, 2.45) is 29.1 Å². The van der Waals surface area contributed by atoms with Crippen LogP contribution in [0.15, 0.2) is 18.2 Å². The molecule has 6 nitrogen and oxygen atoms in total. The zero-order valence-electron chi connectivity index (χ0n) is 21.4. The maximum Gasteiger partial charge on any atom is 0.247 e. The van der Waals surface area contributed by atoms with Gasteiger partial charge in [-0.2, -0.15) is 0 Å². The molecule has 1 aromatic rings. The quantitative estimate of drug-likeness (QED) is 0.664. The molecule has 0 aromatic heterocycles. The molecule has 4 bridgehead atoms. The Morgan fingerprint density at radius 2 is 1.56 bits per heavy atom. The van der Waals surface area contributed by atoms with Gasteiger partial charge >= 0.3 is 0 Å². The third kappa shape index (κ3) is 4.58. The van der Waals surface area contributed by atoms with E-state index in [2.05, 4.69) is 46.5 Å². The molecule has 4 saturated carbocycles. The predicted octanol–water partition coefficient (Wildman–Crippen LogP) is 4.04. The van der Waals surface area contributed by atoms with E-state index in [1.807, 2.05) is 19.9 Å². The number of hydrogen-bond acceptors (Lipinski definition) is 4. The minimum atomic E-state index is -0.516. The minimum Gasteiger partial charge on any atom is -0.369 e. The molecular weight excluding hydrogens is 424 g/mol. The van der Waals surface area contributed by atoms with Crippen LogP contribution < -0.4 is 15.5 Å². The van der Waals surface area contributed by atoms with Crippen molar-refractivity contribution in [3.63, 3.8) is 0 Å². The molecule has 6 heteroatoms. The van der Waals surface area contributed by atoms with Gasteiger partial charge in [0.2, 0.25) is 11.8 Å². The number of hydrogen-bond donors (Lipinski definition) is 2. The first-order valence-electron chi connectivity index (χ1n) is 13.4. The molecule has 4 aliphatic carbocycles. The van der Waals surface area contributed by atoms with Crippen LogP contribution in [0.1, 0.15) is 57.9 Å². The summed E-state index contributed by atoms with van der Waals surface area (Å²) in [7, 11) is 2.16. The molecule has 2 amide bonds. The Kier molecular flexibility index (Phi) is 6.38. The van der Waals surface area contributed by atoms with Crippen LogP contribution >= 0.6 is 0 Å². The number of amides is 2. The number of carbonyl (C=O) groups is 2. The molecule has 1 heterocycles. The Morgan fingerprint density at radius 3 is 2.09 bits per heavy atom. The molecule has 1 unspecified atom stereocenters. The fourth-order valence-electron chi connectivity index (χ4n) is 7.57. The van der Waals surface area contributed by atoms with Crippen molar-refractivity contribution in [3.05, 3.63) is 23.8 Å². The number of anilines is 2. The van der Waals surface area contributed by atoms with Crippen LogP contribution in [0, 0.1) is 36.0 Å². The van der Waals surface area contributed by atoms with E-state index >= 15 is 0 Å². The summed E-state index contributed by atoms with van der Waals surface area (Å²) in [6.45, 7) is 10.3. The molecular formula is C28H42N4O2. The van der Waals surface area contributed by atoms with E-state index in [9.17, 15) is 9.59 Å². The van der Waals surface area contributed by atoms with Gasteiger partial charge in [-0.1, -0.05) is 13.8 Å². The standard InChI is InChI=1S/C28H42N4O2/c1-18(2)25(30-27(34)28-15-20-12-21(16-28)14-22(13-20)17-28)26(33)29-23-5-6-24(19(3)11-23)32-9-7-31(4)8-10-32/h5-6,11,18,20-22,25H,7-10,12-17H2,1-4H3,(H,29,33)(H,30,34). The van der Waals surface area contributed by atoms with Crippen LogP contribution in [0.4, 0.5) is 11.4 Å². The molecule has 186 valence electrons. The van der Waals surface area contributed by atoms with Gasteiger partial charge in [0.25, 0.3) is 0 Å². The summed E-state index contributed by atoms with van der Waals surface area (Å²) in [6.07, 6.45) is 6.98. The van der Waals surface area contributed by atoms with Gasteiger partial charge in [0.05, 0.1) is 0 Å². The van der Waals surface area contributed by atoms with Gasteiger partial charge in [0.1, 0.15) is 6.04 Å². The number of likely N-dealkylation sites (N-methyl/N-ethyl adjacent to an activating group) is 1. The van der Waals surface area contributed by atoms with Gasteiger partial charge in [-0.25, -0.2) is 0 Å². The summed E-state index contributed by atoms with van der Waals surface area (Å²) in [6, 6.07) is 5.66. The third-order valence-electron chi connectivity index (χ3n) is 9.06. The number of nitrogens with one attached hydrogen (secondary N) is 2. The van der Waals surface area contributed by atoms with E-state index in [1.165, 1.54) is 30.5 Å². The van der Waals surface area contributed by atoms with E-state index in [-0.39, 0.29) is 23.1 Å². The molecule has 2 N–H and O–H groups in total. The molecule has 1 aromatic carbocycles. The molecule has 6 rings (SSSR count). The summed E-state index contributed by atoms with van der Waals surface area (Å²) < 4.78 is 0. The fourth-order valence-corrected chi connectivity index (χ4v) is 7.57. The van der Waals surface area contributed by atoms with Gasteiger partial charge in [-0.15, -0.1) is 0 Å². The third-order valence-corrected chi connectivity index (χ3v) is 9.06. The highest BCUT2D eigenvalue weighted by molar-refractivity contribution is 5.98. The Balaban J connectivity index is 1.24. The smallest absolute Gasteiger partial charge is 0.247 e. The first kappa shape index (κ1) is 23.7. The maximum absolute atomic E-state index is 13.6. The Bertz CT molecular complexity index is 899. The van der Waals surface area contributed by atoms with Gasteiger partial charge in [-0.05, 0) is 99.9 Å². The first-order valence-corrected chi connectivity index (χ1v) is 13.4. The molecule has 1 saturated heterocycles. The van der Waals surface area contributed by atoms with Crippen LogP contribution in [0.25, 0.3) is 0 Å². The van der Waals surface area contributed by atoms with Gasteiger partial charge in [0, 0.05) is 43.0 Å². The maximum atomic E-state index is 13.6. The molecule has 5 fully saturated rings. The number of nitrogens with zero attached hydrogens (tertiary/aromatic N) is 2. The number of piperazine rings is 1. The average Bonchev–Trinajstić information content (AvgIpc) is 2.77. The largest absolute Gasteiger partial charge is 0.369 e. The molecule has 0 radical (unpaired) electrons. The number of aryl methyl sites for hydroxylation is 1. The van der Waals surface area contributed by atoms with Crippen molar-refractivity contribution < 1.29 is 9.59 Å². The zero-order chi connectivity index (χ0) is 24.0. The van der Waals surface area contributed by atoms with Gasteiger partial charge in [0.15, 0.2) is 0 Å². The lowest BCUT2D eigenvalue weighted by Crippen LogP contribution is -2.57. The van der Waals surface area contributed by atoms with E-state index in [0.29, 0.717) is 17.8 Å². The summed E-state index contributed by atoms with van der Waals surface area (Å²) in [5.41, 5.74) is 2.97. The van der Waals surface area contributed by atoms with Crippen molar-refractivity contribution in [1.29, 1.82) is 0 Å². The Labute approximate surface area is 204 Å². The van der Waals surface area contributed by atoms with Crippen molar-refractivity contribution >= 4 is 23.2 Å². The Morgan fingerprint density at radius 1 is 0.971 bits per heavy atom. The first-order chi connectivity index (χ1) is 16.2. The van der Waals surface area contributed by atoms with Crippen LogP contribution in [0.5, 0.6) is 0 Å². The van der Waals surface area contributed by atoms with Crippen molar-refractivity contribution in [1.82, 2.24) is 10.2 Å². The van der Waals surface area contributed by atoms with Crippen molar-refractivity contribution in [2.75, 3.05) is 43.4 Å². The van der Waals surface area contributed by atoms with Crippen LogP contribution in [0.2, 0.25) is 0 Å². The van der Waals surface area contributed by atoms with E-state index < -0.39 is 6.04 Å². The normalized spacial score (nSPS) is 31.6. The van der Waals surface area contributed by atoms with E-state index in [1.54, 1.807) is 0 Å². The van der Waals surface area contributed by atoms with Crippen LogP contribution in [0.3, 0.4) is 0 Å². The molecule has 1 aliphatic heterocycles. The monoisotopic (exact) mass is 466 g/mol. The summed E-state index contributed by atoms with van der Waals surface area (Å²) >= 11 is 0. The lowest BCUT2D eigenvalue weighted by atomic mass is 9.49. The Hall–Kier alpha value is -2.08.